The van der Waals surface area contributed by atoms with Crippen LogP contribution in [0.3, 0.4) is 0 Å². The number of hydrogen-bond donors (Lipinski definition) is 1. The molecule has 0 fully saturated rings. The van der Waals surface area contributed by atoms with E-state index in [0.29, 0.717) is 4.48 Å². The molecule has 1 aromatic carbocycles. The predicted molar refractivity (Wildman–Crippen MR) is 61.5 cm³/mol. The Hall–Kier alpha value is -1.35. The van der Waals surface area contributed by atoms with Crippen molar-refractivity contribution < 1.29 is 9.90 Å². The Morgan fingerprint density at radius 3 is 2.57 bits per heavy atom. The second-order valence-corrected chi connectivity index (χ2v) is 3.67. The lowest BCUT2D eigenvalue weighted by molar-refractivity contribution is 0.0697. The van der Waals surface area contributed by atoms with Crippen LogP contribution in [0.25, 0.3) is 10.6 Å². The summed E-state index contributed by atoms with van der Waals surface area (Å²) in [6.45, 7) is 7.35. The number of carboxylic acid groups (broad SMARTS) is 1. The molecule has 2 nitrogen and oxygen atoms in total. The van der Waals surface area contributed by atoms with Crippen LogP contribution in [0.2, 0.25) is 0 Å². The molecule has 0 radical (unpaired) electrons. The zero-order valence-electron chi connectivity index (χ0n) is 7.46. The second-order valence-electron chi connectivity index (χ2n) is 2.72. The highest BCUT2D eigenvalue weighted by molar-refractivity contribution is 9.15. The topological polar surface area (TPSA) is 37.3 Å². The Bertz CT molecular complexity index is 408. The van der Waals surface area contributed by atoms with Crippen LogP contribution in [0.1, 0.15) is 21.5 Å². The fourth-order valence-electron chi connectivity index (χ4n) is 1.11. The summed E-state index contributed by atoms with van der Waals surface area (Å²) in [6, 6.07) is 4.81. The highest BCUT2D eigenvalue weighted by atomic mass is 79.9. The summed E-state index contributed by atoms with van der Waals surface area (Å²) in [5.41, 5.74) is 1.86. The first-order valence-corrected chi connectivity index (χ1v) is 4.70. The van der Waals surface area contributed by atoms with Crippen LogP contribution in [0.5, 0.6) is 0 Å². The van der Waals surface area contributed by atoms with E-state index in [2.05, 4.69) is 29.1 Å². The summed E-state index contributed by atoms with van der Waals surface area (Å²) in [6.07, 6.45) is 1.61. The molecule has 3 heteroatoms. The minimum Gasteiger partial charge on any atom is -0.478 e. The second kappa shape index (κ2) is 4.24. The molecule has 1 aromatic rings. The van der Waals surface area contributed by atoms with Gasteiger partial charge in [-0.3, -0.25) is 0 Å². The normalized spacial score (nSPS) is 9.50. The molecule has 0 aliphatic rings. The van der Waals surface area contributed by atoms with Gasteiger partial charge in [0, 0.05) is 4.48 Å². The average molecular weight is 253 g/mol. The molecule has 0 atom stereocenters. The van der Waals surface area contributed by atoms with Crippen molar-refractivity contribution in [1.29, 1.82) is 0 Å². The molecule has 0 aliphatic heterocycles. The maximum absolute atomic E-state index is 10.7. The van der Waals surface area contributed by atoms with Crippen molar-refractivity contribution in [2.45, 2.75) is 0 Å². The van der Waals surface area contributed by atoms with E-state index in [4.69, 9.17) is 5.11 Å². The lowest BCUT2D eigenvalue weighted by Gasteiger charge is -2.04. The average Bonchev–Trinajstić information content (AvgIpc) is 2.16. The lowest BCUT2D eigenvalue weighted by atomic mass is 10.0. The highest BCUT2D eigenvalue weighted by Crippen LogP contribution is 2.24. The maximum Gasteiger partial charge on any atom is 0.335 e. The number of aromatic carboxylic acids is 1. The van der Waals surface area contributed by atoms with E-state index < -0.39 is 5.97 Å². The van der Waals surface area contributed by atoms with Crippen molar-refractivity contribution in [3.63, 3.8) is 0 Å². The predicted octanol–water partition coefficient (Wildman–Crippen LogP) is 3.39. The minimum absolute atomic E-state index is 0.248. The Morgan fingerprint density at radius 2 is 2.14 bits per heavy atom. The number of halogens is 1. The number of benzene rings is 1. The third-order valence-corrected chi connectivity index (χ3v) is 2.24. The van der Waals surface area contributed by atoms with Crippen molar-refractivity contribution in [1.82, 2.24) is 0 Å². The summed E-state index contributed by atoms with van der Waals surface area (Å²) >= 11 is 3.25. The van der Waals surface area contributed by atoms with E-state index in [0.717, 1.165) is 11.1 Å². The van der Waals surface area contributed by atoms with Crippen molar-refractivity contribution in [3.8, 4) is 0 Å². The summed E-state index contributed by atoms with van der Waals surface area (Å²) in [4.78, 5) is 10.7. The van der Waals surface area contributed by atoms with Crippen LogP contribution in [0, 0.1) is 0 Å². The molecular weight excluding hydrogens is 244 g/mol. The number of carboxylic acids is 1. The van der Waals surface area contributed by atoms with E-state index in [1.165, 1.54) is 6.07 Å². The van der Waals surface area contributed by atoms with Crippen LogP contribution in [-0.4, -0.2) is 11.1 Å². The molecule has 1 N–H and O–H groups in total. The number of rotatable bonds is 3. The van der Waals surface area contributed by atoms with Gasteiger partial charge in [0.05, 0.1) is 5.56 Å². The minimum atomic E-state index is -0.945. The molecule has 0 aromatic heterocycles. The van der Waals surface area contributed by atoms with Gasteiger partial charge in [-0.2, -0.15) is 0 Å². The van der Waals surface area contributed by atoms with Crippen LogP contribution < -0.4 is 0 Å². The molecule has 0 bridgehead atoms. The fraction of sp³-hybridized carbons (Fsp3) is 0. The molecule has 1 rings (SSSR count). The Labute approximate surface area is 90.7 Å². The maximum atomic E-state index is 10.7. The number of hydrogen-bond acceptors (Lipinski definition) is 1. The van der Waals surface area contributed by atoms with Gasteiger partial charge in [-0.25, -0.2) is 4.79 Å². The summed E-state index contributed by atoms with van der Waals surface area (Å²) in [5.74, 6) is -0.945. The molecule has 72 valence electrons. The molecule has 0 spiro atoms. The number of carbonyl (C=O) groups is 1. The summed E-state index contributed by atoms with van der Waals surface area (Å²) < 4.78 is 0.712. The zero-order valence-corrected chi connectivity index (χ0v) is 9.04. The van der Waals surface area contributed by atoms with E-state index in [1.54, 1.807) is 18.2 Å². The van der Waals surface area contributed by atoms with Gasteiger partial charge in [0.1, 0.15) is 0 Å². The van der Waals surface area contributed by atoms with Gasteiger partial charge in [0.2, 0.25) is 0 Å². The van der Waals surface area contributed by atoms with Crippen molar-refractivity contribution in [2.75, 3.05) is 0 Å². The van der Waals surface area contributed by atoms with E-state index >= 15 is 0 Å². The molecule has 0 saturated heterocycles. The van der Waals surface area contributed by atoms with Crippen LogP contribution >= 0.6 is 15.9 Å². The molecule has 0 aliphatic carbocycles. The van der Waals surface area contributed by atoms with Gasteiger partial charge in [0.25, 0.3) is 0 Å². The molecule has 0 heterocycles. The smallest absolute Gasteiger partial charge is 0.335 e. The molecular formula is C11H9BrO2. The van der Waals surface area contributed by atoms with Crippen molar-refractivity contribution >= 4 is 32.5 Å². The van der Waals surface area contributed by atoms with Crippen molar-refractivity contribution in [3.05, 3.63) is 48.0 Å². The van der Waals surface area contributed by atoms with Gasteiger partial charge in [-0.15, -0.1) is 0 Å². The van der Waals surface area contributed by atoms with Crippen molar-refractivity contribution in [2.24, 2.45) is 0 Å². The van der Waals surface area contributed by atoms with Gasteiger partial charge in [-0.05, 0) is 23.3 Å². The molecule has 0 unspecified atom stereocenters. The Kier molecular flexibility index (Phi) is 3.25. The third kappa shape index (κ3) is 2.12. The monoisotopic (exact) mass is 252 g/mol. The first-order valence-electron chi connectivity index (χ1n) is 3.91. The van der Waals surface area contributed by atoms with E-state index in [9.17, 15) is 4.79 Å². The first kappa shape index (κ1) is 10.7. The summed E-state index contributed by atoms with van der Waals surface area (Å²) in [5, 5.41) is 8.77. The Morgan fingerprint density at radius 1 is 1.50 bits per heavy atom. The van der Waals surface area contributed by atoms with Gasteiger partial charge in [0.15, 0.2) is 0 Å². The molecule has 14 heavy (non-hydrogen) atoms. The first-order chi connectivity index (χ1) is 6.56. The standard InChI is InChI=1S/C11H9BrO2/c1-3-8-6-9(11(13)14)4-5-10(8)7(2)12/h3-6H,1-2H2,(H,13,14). The van der Waals surface area contributed by atoms with Gasteiger partial charge in [-0.1, -0.05) is 41.2 Å². The lowest BCUT2D eigenvalue weighted by Crippen LogP contribution is -1.97. The van der Waals surface area contributed by atoms with Crippen LogP contribution in [0.15, 0.2) is 31.4 Å². The largest absolute Gasteiger partial charge is 0.478 e. The van der Waals surface area contributed by atoms with E-state index in [1.807, 2.05) is 0 Å². The van der Waals surface area contributed by atoms with Gasteiger partial charge >= 0.3 is 5.97 Å². The molecule has 0 amide bonds. The van der Waals surface area contributed by atoms with Gasteiger partial charge < -0.3 is 5.11 Å². The SMILES string of the molecule is C=Cc1cc(C(=O)O)ccc1C(=C)Br. The van der Waals surface area contributed by atoms with E-state index in [-0.39, 0.29) is 5.56 Å². The molecule has 0 saturated carbocycles. The summed E-state index contributed by atoms with van der Waals surface area (Å²) in [7, 11) is 0. The fourth-order valence-corrected chi connectivity index (χ4v) is 1.47. The highest BCUT2D eigenvalue weighted by Gasteiger charge is 2.06. The zero-order chi connectivity index (χ0) is 10.7. The Balaban J connectivity index is 3.32. The third-order valence-electron chi connectivity index (χ3n) is 1.81. The quantitative estimate of drug-likeness (QED) is 0.896. The van der Waals surface area contributed by atoms with Crippen LogP contribution in [0.4, 0.5) is 0 Å². The van der Waals surface area contributed by atoms with Crippen LogP contribution in [-0.2, 0) is 0 Å².